The first-order chi connectivity index (χ1) is 16.4. The number of ether oxygens (including phenoxy) is 1. The van der Waals surface area contributed by atoms with E-state index in [1.807, 2.05) is 50.2 Å². The zero-order valence-corrected chi connectivity index (χ0v) is 19.9. The molecule has 1 heterocycles. The molecule has 0 saturated carbocycles. The summed E-state index contributed by atoms with van der Waals surface area (Å²) in [5.41, 5.74) is 5.39. The number of aryl methyl sites for hydroxylation is 2. The molecule has 34 heavy (non-hydrogen) atoms. The number of aromatic nitrogens is 2. The van der Waals surface area contributed by atoms with Crippen LogP contribution >= 0.6 is 11.6 Å². The Morgan fingerprint density at radius 2 is 1.74 bits per heavy atom. The molecule has 0 spiro atoms. The molecular weight excluding hydrogens is 450 g/mol. The van der Waals surface area contributed by atoms with Crippen LogP contribution in [0.25, 0.3) is 16.8 Å². The second kappa shape index (κ2) is 9.93. The van der Waals surface area contributed by atoms with Crippen LogP contribution in [0, 0.1) is 6.92 Å². The number of rotatable bonds is 6. The Balaban J connectivity index is 1.69. The van der Waals surface area contributed by atoms with Gasteiger partial charge in [0, 0.05) is 23.2 Å². The van der Waals surface area contributed by atoms with E-state index in [4.69, 9.17) is 21.4 Å². The second-order valence-corrected chi connectivity index (χ2v) is 8.30. The van der Waals surface area contributed by atoms with Crippen molar-refractivity contribution in [1.82, 2.24) is 9.78 Å². The maximum Gasteiger partial charge on any atom is 0.309 e. The van der Waals surface area contributed by atoms with Crippen molar-refractivity contribution in [1.29, 1.82) is 0 Å². The molecule has 4 aromatic rings. The quantitative estimate of drug-likeness (QED) is 0.336. The normalized spacial score (nSPS) is 10.7. The van der Waals surface area contributed by atoms with E-state index in [-0.39, 0.29) is 5.91 Å². The smallest absolute Gasteiger partial charge is 0.309 e. The van der Waals surface area contributed by atoms with Crippen molar-refractivity contribution in [2.45, 2.75) is 27.2 Å². The molecule has 3 aromatic carbocycles. The Morgan fingerprint density at radius 1 is 1.03 bits per heavy atom. The van der Waals surface area contributed by atoms with Crippen molar-refractivity contribution < 1.29 is 14.3 Å². The molecule has 0 saturated heterocycles. The van der Waals surface area contributed by atoms with E-state index in [9.17, 15) is 9.59 Å². The fraction of sp³-hybridized carbons (Fsp3) is 0.148. The lowest BCUT2D eigenvalue weighted by Gasteiger charge is -2.10. The van der Waals surface area contributed by atoms with Gasteiger partial charge < -0.3 is 10.1 Å². The first-order valence-electron chi connectivity index (χ1n) is 10.9. The monoisotopic (exact) mass is 473 g/mol. The molecule has 0 fully saturated rings. The van der Waals surface area contributed by atoms with Crippen molar-refractivity contribution in [2.75, 3.05) is 5.32 Å². The Kier molecular flexibility index (Phi) is 6.80. The van der Waals surface area contributed by atoms with Crippen LogP contribution in [-0.2, 0) is 11.2 Å². The van der Waals surface area contributed by atoms with Gasteiger partial charge in [-0.1, -0.05) is 54.4 Å². The van der Waals surface area contributed by atoms with Gasteiger partial charge in [0.15, 0.2) is 0 Å². The average Bonchev–Trinajstić information content (AvgIpc) is 3.17. The van der Waals surface area contributed by atoms with Gasteiger partial charge in [-0.3, -0.25) is 9.59 Å². The summed E-state index contributed by atoms with van der Waals surface area (Å²) in [7, 11) is 0. The standard InChI is InChI=1S/C27H24ClN3O3/c1-4-24-25(27(34-18(3)32)31(30-24)23-14-8-17(2)9-15-23)19-10-12-22(13-11-19)29-26(33)20-6-5-7-21(28)16-20/h5-16H,4H2,1-3H3,(H,29,33). The van der Waals surface area contributed by atoms with Gasteiger partial charge >= 0.3 is 5.97 Å². The molecule has 1 N–H and O–H groups in total. The van der Waals surface area contributed by atoms with Crippen molar-refractivity contribution in [2.24, 2.45) is 0 Å². The van der Waals surface area contributed by atoms with Gasteiger partial charge in [0.25, 0.3) is 5.91 Å². The summed E-state index contributed by atoms with van der Waals surface area (Å²) in [4.78, 5) is 24.5. The van der Waals surface area contributed by atoms with Gasteiger partial charge in [-0.15, -0.1) is 0 Å². The number of carbonyl (C=O) groups excluding carboxylic acids is 2. The first kappa shape index (κ1) is 23.3. The first-order valence-corrected chi connectivity index (χ1v) is 11.3. The second-order valence-electron chi connectivity index (χ2n) is 7.86. The molecule has 1 aromatic heterocycles. The lowest BCUT2D eigenvalue weighted by atomic mass is 10.0. The molecule has 172 valence electrons. The SMILES string of the molecule is CCc1nn(-c2ccc(C)cc2)c(OC(C)=O)c1-c1ccc(NC(=O)c2cccc(Cl)c2)cc1. The molecule has 0 aliphatic rings. The van der Waals surface area contributed by atoms with Crippen LogP contribution in [0.3, 0.4) is 0 Å². The van der Waals surface area contributed by atoms with Crippen molar-refractivity contribution in [3.05, 3.63) is 94.6 Å². The van der Waals surface area contributed by atoms with Crippen molar-refractivity contribution in [3.8, 4) is 22.7 Å². The Bertz CT molecular complexity index is 1340. The fourth-order valence-corrected chi connectivity index (χ4v) is 3.82. The molecule has 0 bridgehead atoms. The summed E-state index contributed by atoms with van der Waals surface area (Å²) in [5.74, 6) is -0.316. The van der Waals surface area contributed by atoms with E-state index in [2.05, 4.69) is 5.32 Å². The van der Waals surface area contributed by atoms with Gasteiger partial charge in [0.05, 0.1) is 16.9 Å². The molecule has 0 aliphatic heterocycles. The minimum Gasteiger partial charge on any atom is -0.407 e. The van der Waals surface area contributed by atoms with Gasteiger partial charge in [-0.05, 0) is 61.4 Å². The molecule has 0 aliphatic carbocycles. The zero-order chi connectivity index (χ0) is 24.2. The van der Waals surface area contributed by atoms with Crippen LogP contribution in [0.4, 0.5) is 5.69 Å². The van der Waals surface area contributed by atoms with Crippen molar-refractivity contribution >= 4 is 29.2 Å². The minimum atomic E-state index is -0.428. The summed E-state index contributed by atoms with van der Waals surface area (Å²) in [6.45, 7) is 5.38. The van der Waals surface area contributed by atoms with Gasteiger partial charge in [-0.25, -0.2) is 0 Å². The van der Waals surface area contributed by atoms with Gasteiger partial charge in [-0.2, -0.15) is 9.78 Å². The molecular formula is C27H24ClN3O3. The number of carbonyl (C=O) groups is 2. The molecule has 1 amide bonds. The average molecular weight is 474 g/mol. The minimum absolute atomic E-state index is 0.253. The number of anilines is 1. The lowest BCUT2D eigenvalue weighted by molar-refractivity contribution is -0.132. The highest BCUT2D eigenvalue weighted by molar-refractivity contribution is 6.31. The molecule has 0 unspecified atom stereocenters. The van der Waals surface area contributed by atoms with Crippen LogP contribution in [-0.4, -0.2) is 21.7 Å². The fourth-order valence-electron chi connectivity index (χ4n) is 3.63. The number of hydrogen-bond acceptors (Lipinski definition) is 4. The van der Waals surface area contributed by atoms with Crippen LogP contribution in [0.1, 0.15) is 35.5 Å². The van der Waals surface area contributed by atoms with Gasteiger partial charge in [0.2, 0.25) is 5.88 Å². The summed E-state index contributed by atoms with van der Waals surface area (Å²) in [5, 5.41) is 8.10. The lowest BCUT2D eigenvalue weighted by Crippen LogP contribution is -2.11. The maximum atomic E-state index is 12.5. The molecule has 0 atom stereocenters. The third-order valence-electron chi connectivity index (χ3n) is 5.29. The van der Waals surface area contributed by atoms with Crippen LogP contribution in [0.5, 0.6) is 5.88 Å². The van der Waals surface area contributed by atoms with Gasteiger partial charge in [0.1, 0.15) is 0 Å². The third-order valence-corrected chi connectivity index (χ3v) is 5.52. The Labute approximate surface area is 203 Å². The van der Waals surface area contributed by atoms with E-state index < -0.39 is 5.97 Å². The van der Waals surface area contributed by atoms with Crippen LogP contribution < -0.4 is 10.1 Å². The summed E-state index contributed by atoms with van der Waals surface area (Å²) in [6.07, 6.45) is 0.649. The van der Waals surface area contributed by atoms with E-state index in [0.29, 0.717) is 28.6 Å². The molecule has 4 rings (SSSR count). The highest BCUT2D eigenvalue weighted by atomic mass is 35.5. The number of nitrogens with zero attached hydrogens (tertiary/aromatic N) is 2. The topological polar surface area (TPSA) is 73.2 Å². The predicted octanol–water partition coefficient (Wildman–Crippen LogP) is 6.24. The van der Waals surface area contributed by atoms with Crippen molar-refractivity contribution in [3.63, 3.8) is 0 Å². The van der Waals surface area contributed by atoms with Crippen LogP contribution in [0.2, 0.25) is 5.02 Å². The maximum absolute atomic E-state index is 12.5. The summed E-state index contributed by atoms with van der Waals surface area (Å²) >= 11 is 5.99. The Morgan fingerprint density at radius 3 is 2.35 bits per heavy atom. The molecule has 6 nitrogen and oxygen atoms in total. The number of hydrogen-bond donors (Lipinski definition) is 1. The summed E-state index contributed by atoms with van der Waals surface area (Å²) < 4.78 is 7.30. The number of esters is 1. The predicted molar refractivity (Wildman–Crippen MR) is 134 cm³/mol. The number of benzene rings is 3. The molecule has 7 heteroatoms. The Hall–Kier alpha value is -3.90. The van der Waals surface area contributed by atoms with E-state index >= 15 is 0 Å². The van der Waals surface area contributed by atoms with Crippen LogP contribution in [0.15, 0.2) is 72.8 Å². The zero-order valence-electron chi connectivity index (χ0n) is 19.1. The molecule has 0 radical (unpaired) electrons. The number of halogens is 1. The van der Waals surface area contributed by atoms with E-state index in [1.54, 1.807) is 41.1 Å². The highest BCUT2D eigenvalue weighted by Gasteiger charge is 2.22. The number of nitrogens with one attached hydrogen (secondary N) is 1. The third kappa shape index (κ3) is 5.02. The summed E-state index contributed by atoms with van der Waals surface area (Å²) in [6, 6.07) is 22.0. The highest BCUT2D eigenvalue weighted by Crippen LogP contribution is 2.36. The van der Waals surface area contributed by atoms with E-state index in [0.717, 1.165) is 28.1 Å². The number of amides is 1. The van der Waals surface area contributed by atoms with E-state index in [1.165, 1.54) is 6.92 Å². The largest absolute Gasteiger partial charge is 0.407 e.